The van der Waals surface area contributed by atoms with Crippen LogP contribution in [-0.2, 0) is 4.79 Å². The Morgan fingerprint density at radius 1 is 1.48 bits per heavy atom. The molecule has 0 aliphatic rings. The number of rotatable bonds is 8. The molecule has 0 aliphatic heterocycles. The van der Waals surface area contributed by atoms with Gasteiger partial charge in [0.05, 0.1) is 18.6 Å². The molecule has 0 fully saturated rings. The van der Waals surface area contributed by atoms with Crippen LogP contribution in [0.25, 0.3) is 5.69 Å². The molecule has 0 spiro atoms. The van der Waals surface area contributed by atoms with Crippen LogP contribution in [0.2, 0.25) is 0 Å². The maximum Gasteiger partial charge on any atom is 0.230 e. The summed E-state index contributed by atoms with van der Waals surface area (Å²) < 4.78 is 7.08. The van der Waals surface area contributed by atoms with Crippen LogP contribution in [-0.4, -0.2) is 39.6 Å². The first-order chi connectivity index (χ1) is 11.1. The van der Waals surface area contributed by atoms with Crippen molar-refractivity contribution in [3.8, 4) is 11.4 Å². The third kappa shape index (κ3) is 4.99. The molecule has 0 radical (unpaired) electrons. The van der Waals surface area contributed by atoms with Crippen LogP contribution in [0, 0.1) is 0 Å². The molecule has 2 aromatic rings. The minimum Gasteiger partial charge on any atom is -0.497 e. The van der Waals surface area contributed by atoms with Crippen LogP contribution >= 0.6 is 11.8 Å². The van der Waals surface area contributed by atoms with Gasteiger partial charge in [-0.1, -0.05) is 31.2 Å². The minimum atomic E-state index is 0.0103. The van der Waals surface area contributed by atoms with Gasteiger partial charge in [-0.3, -0.25) is 9.36 Å². The van der Waals surface area contributed by atoms with Crippen molar-refractivity contribution < 1.29 is 9.53 Å². The number of methoxy groups -OCH3 is 1. The van der Waals surface area contributed by atoms with Gasteiger partial charge in [-0.2, -0.15) is 0 Å². The van der Waals surface area contributed by atoms with Crippen LogP contribution in [0.5, 0.6) is 5.75 Å². The van der Waals surface area contributed by atoms with E-state index in [1.807, 2.05) is 35.8 Å². The number of carbonyl (C=O) groups excluding carboxylic acids is 1. The van der Waals surface area contributed by atoms with Crippen LogP contribution in [0.4, 0.5) is 0 Å². The second-order valence-corrected chi connectivity index (χ2v) is 6.17. The van der Waals surface area contributed by atoms with Crippen molar-refractivity contribution in [3.05, 3.63) is 30.6 Å². The number of amides is 1. The predicted molar refractivity (Wildman–Crippen MR) is 91.1 cm³/mol. The van der Waals surface area contributed by atoms with E-state index in [4.69, 9.17) is 4.74 Å². The number of nitrogens with one attached hydrogen (secondary N) is 1. The van der Waals surface area contributed by atoms with Gasteiger partial charge in [-0.15, -0.1) is 10.2 Å². The number of hydrogen-bond acceptors (Lipinski definition) is 5. The first-order valence-corrected chi connectivity index (χ1v) is 8.59. The fraction of sp³-hybridized carbons (Fsp3) is 0.438. The smallest absolute Gasteiger partial charge is 0.230 e. The average Bonchev–Trinajstić information content (AvgIpc) is 3.01. The van der Waals surface area contributed by atoms with E-state index >= 15 is 0 Å². The van der Waals surface area contributed by atoms with E-state index in [-0.39, 0.29) is 11.9 Å². The van der Waals surface area contributed by atoms with Gasteiger partial charge < -0.3 is 10.1 Å². The SMILES string of the molecule is CCCC(C)NC(=O)CSc1nncn1-c1cccc(OC)c1. The van der Waals surface area contributed by atoms with Crippen molar-refractivity contribution in [1.29, 1.82) is 0 Å². The third-order valence-electron chi connectivity index (χ3n) is 3.31. The van der Waals surface area contributed by atoms with Crippen molar-refractivity contribution in [2.24, 2.45) is 0 Å². The highest BCUT2D eigenvalue weighted by atomic mass is 32.2. The van der Waals surface area contributed by atoms with Crippen LogP contribution < -0.4 is 10.1 Å². The molecule has 1 unspecified atom stereocenters. The molecule has 1 amide bonds. The summed E-state index contributed by atoms with van der Waals surface area (Å²) in [6.45, 7) is 4.12. The number of benzene rings is 1. The average molecular weight is 334 g/mol. The molecule has 0 saturated heterocycles. The van der Waals surface area contributed by atoms with E-state index in [0.717, 1.165) is 24.3 Å². The Kier molecular flexibility index (Phi) is 6.46. The van der Waals surface area contributed by atoms with Crippen molar-refractivity contribution in [2.75, 3.05) is 12.9 Å². The molecule has 1 aromatic heterocycles. The highest BCUT2D eigenvalue weighted by molar-refractivity contribution is 7.99. The lowest BCUT2D eigenvalue weighted by Gasteiger charge is -2.12. The van der Waals surface area contributed by atoms with Crippen molar-refractivity contribution in [2.45, 2.75) is 37.9 Å². The van der Waals surface area contributed by atoms with E-state index in [1.54, 1.807) is 13.4 Å². The fourth-order valence-electron chi connectivity index (χ4n) is 2.21. The van der Waals surface area contributed by atoms with Gasteiger partial charge in [-0.25, -0.2) is 0 Å². The summed E-state index contributed by atoms with van der Waals surface area (Å²) in [5.74, 6) is 1.09. The Morgan fingerprint density at radius 3 is 3.04 bits per heavy atom. The second kappa shape index (κ2) is 8.57. The topological polar surface area (TPSA) is 69.0 Å². The summed E-state index contributed by atoms with van der Waals surface area (Å²) in [6.07, 6.45) is 3.67. The lowest BCUT2D eigenvalue weighted by molar-refractivity contribution is -0.119. The van der Waals surface area contributed by atoms with Crippen molar-refractivity contribution in [1.82, 2.24) is 20.1 Å². The summed E-state index contributed by atoms with van der Waals surface area (Å²) in [7, 11) is 1.63. The molecular formula is C16H22N4O2S. The third-order valence-corrected chi connectivity index (χ3v) is 4.25. The zero-order chi connectivity index (χ0) is 16.7. The highest BCUT2D eigenvalue weighted by Crippen LogP contribution is 2.22. The monoisotopic (exact) mass is 334 g/mol. The summed E-state index contributed by atoms with van der Waals surface area (Å²) in [4.78, 5) is 12.0. The standard InChI is InChI=1S/C16H22N4O2S/c1-4-6-12(2)18-15(21)10-23-16-19-17-11-20(16)13-7-5-8-14(9-13)22-3/h5,7-9,11-12H,4,6,10H2,1-3H3,(H,18,21). The number of carbonyl (C=O) groups is 1. The normalized spacial score (nSPS) is 12.0. The lowest BCUT2D eigenvalue weighted by Crippen LogP contribution is -2.33. The number of nitrogens with zero attached hydrogens (tertiary/aromatic N) is 3. The lowest BCUT2D eigenvalue weighted by atomic mass is 10.2. The summed E-state index contributed by atoms with van der Waals surface area (Å²) in [5.41, 5.74) is 0.900. The molecule has 0 bridgehead atoms. The Bertz CT molecular complexity index is 645. The Morgan fingerprint density at radius 2 is 2.30 bits per heavy atom. The molecule has 2 rings (SSSR count). The largest absolute Gasteiger partial charge is 0.497 e. The predicted octanol–water partition coefficient (Wildman–Crippen LogP) is 2.67. The molecule has 1 atom stereocenters. The van der Waals surface area contributed by atoms with Crippen molar-refractivity contribution in [3.63, 3.8) is 0 Å². The quantitative estimate of drug-likeness (QED) is 0.752. The maximum absolute atomic E-state index is 12.0. The van der Waals surface area contributed by atoms with Crippen LogP contribution in [0.15, 0.2) is 35.7 Å². The minimum absolute atomic E-state index is 0.0103. The number of ether oxygens (including phenoxy) is 1. The van der Waals surface area contributed by atoms with Gasteiger partial charge in [0.1, 0.15) is 12.1 Å². The molecule has 1 aromatic carbocycles. The molecule has 1 heterocycles. The van der Waals surface area contributed by atoms with E-state index in [9.17, 15) is 4.79 Å². The van der Waals surface area contributed by atoms with Gasteiger partial charge in [-0.05, 0) is 25.5 Å². The highest BCUT2D eigenvalue weighted by Gasteiger charge is 2.12. The van der Waals surface area contributed by atoms with Crippen molar-refractivity contribution >= 4 is 17.7 Å². The Balaban J connectivity index is 2.00. The van der Waals surface area contributed by atoms with E-state index in [1.165, 1.54) is 11.8 Å². The first-order valence-electron chi connectivity index (χ1n) is 7.60. The molecule has 0 saturated carbocycles. The molecule has 0 aliphatic carbocycles. The molecule has 23 heavy (non-hydrogen) atoms. The number of aromatic nitrogens is 3. The summed E-state index contributed by atoms with van der Waals surface area (Å²) >= 11 is 1.37. The Hall–Kier alpha value is -2.02. The summed E-state index contributed by atoms with van der Waals surface area (Å²) in [5, 5.41) is 11.7. The first kappa shape index (κ1) is 17.3. The number of hydrogen-bond donors (Lipinski definition) is 1. The molecular weight excluding hydrogens is 312 g/mol. The van der Waals surface area contributed by atoms with Crippen LogP contribution in [0.1, 0.15) is 26.7 Å². The second-order valence-electron chi connectivity index (χ2n) is 5.23. The van der Waals surface area contributed by atoms with Crippen LogP contribution in [0.3, 0.4) is 0 Å². The Labute approximate surface area is 140 Å². The van der Waals surface area contributed by atoms with Gasteiger partial charge in [0.2, 0.25) is 5.91 Å². The van der Waals surface area contributed by atoms with Gasteiger partial charge in [0.25, 0.3) is 0 Å². The molecule has 6 nitrogen and oxygen atoms in total. The van der Waals surface area contributed by atoms with E-state index in [2.05, 4.69) is 22.4 Å². The van der Waals surface area contributed by atoms with Gasteiger partial charge in [0, 0.05) is 12.1 Å². The fourth-order valence-corrected chi connectivity index (χ4v) is 2.95. The number of thioether (sulfide) groups is 1. The van der Waals surface area contributed by atoms with Gasteiger partial charge in [0.15, 0.2) is 5.16 Å². The summed E-state index contributed by atoms with van der Waals surface area (Å²) in [6, 6.07) is 7.82. The van der Waals surface area contributed by atoms with E-state index < -0.39 is 0 Å². The van der Waals surface area contributed by atoms with E-state index in [0.29, 0.717) is 10.9 Å². The zero-order valence-electron chi connectivity index (χ0n) is 13.7. The maximum atomic E-state index is 12.0. The zero-order valence-corrected chi connectivity index (χ0v) is 14.5. The molecule has 7 heteroatoms. The molecule has 124 valence electrons. The molecule has 1 N–H and O–H groups in total. The van der Waals surface area contributed by atoms with Gasteiger partial charge >= 0.3 is 0 Å².